The molecule has 1 aromatic rings. The van der Waals surface area contributed by atoms with Crippen molar-refractivity contribution in [1.82, 2.24) is 5.32 Å². The number of amides is 1. The summed E-state index contributed by atoms with van der Waals surface area (Å²) in [7, 11) is 0. The highest BCUT2D eigenvalue weighted by molar-refractivity contribution is 6.17. The van der Waals surface area contributed by atoms with E-state index in [0.717, 1.165) is 5.56 Å². The highest BCUT2D eigenvalue weighted by atomic mass is 16.3. The minimum absolute atomic E-state index is 0.193. The molecule has 1 aromatic carbocycles. The number of carbonyl (C=O) groups excluding carboxylic acids is 3. The molecule has 3 atom stereocenters. The summed E-state index contributed by atoms with van der Waals surface area (Å²) in [4.78, 5) is 36.7. The van der Waals surface area contributed by atoms with Crippen molar-refractivity contribution in [1.29, 1.82) is 0 Å². The van der Waals surface area contributed by atoms with Gasteiger partial charge in [0.1, 0.15) is 12.0 Å². The third-order valence-electron chi connectivity index (χ3n) is 4.08. The van der Waals surface area contributed by atoms with Crippen molar-refractivity contribution in [2.75, 3.05) is 0 Å². The Morgan fingerprint density at radius 1 is 1.10 bits per heavy atom. The number of carbonyl (C=O) groups is 3. The van der Waals surface area contributed by atoms with E-state index in [0.29, 0.717) is 18.4 Å². The number of Topliss-reactive ketones (excluding diaryl/α,β-unsaturated/α-hetero) is 2. The SMILES string of the molecule is O=C1NC(O)CCC1C1C(=O)Cc2ccccc2C1=O. The molecule has 3 unspecified atom stereocenters. The molecule has 1 aliphatic carbocycles. The molecule has 2 aliphatic rings. The van der Waals surface area contributed by atoms with Crippen molar-refractivity contribution in [2.24, 2.45) is 11.8 Å². The highest BCUT2D eigenvalue weighted by Gasteiger charge is 2.44. The van der Waals surface area contributed by atoms with E-state index in [4.69, 9.17) is 0 Å². The fourth-order valence-corrected chi connectivity index (χ4v) is 3.06. The number of nitrogens with one attached hydrogen (secondary N) is 1. The van der Waals surface area contributed by atoms with Crippen LogP contribution < -0.4 is 5.32 Å². The molecule has 2 N–H and O–H groups in total. The van der Waals surface area contributed by atoms with E-state index in [1.807, 2.05) is 0 Å². The minimum atomic E-state index is -0.905. The number of aliphatic hydroxyl groups is 1. The summed E-state index contributed by atoms with van der Waals surface area (Å²) < 4.78 is 0. The van der Waals surface area contributed by atoms with Crippen LogP contribution in [0.25, 0.3) is 0 Å². The van der Waals surface area contributed by atoms with Gasteiger partial charge in [0.15, 0.2) is 5.78 Å². The second kappa shape index (κ2) is 4.83. The molecule has 1 amide bonds. The van der Waals surface area contributed by atoms with Crippen molar-refractivity contribution < 1.29 is 19.5 Å². The monoisotopic (exact) mass is 273 g/mol. The zero-order valence-corrected chi connectivity index (χ0v) is 10.8. The molecule has 0 aromatic heterocycles. The van der Waals surface area contributed by atoms with Crippen LogP contribution >= 0.6 is 0 Å². The van der Waals surface area contributed by atoms with E-state index in [1.54, 1.807) is 24.3 Å². The van der Waals surface area contributed by atoms with Gasteiger partial charge in [-0.25, -0.2) is 0 Å². The van der Waals surface area contributed by atoms with Crippen LogP contribution in [-0.2, 0) is 16.0 Å². The number of benzene rings is 1. The van der Waals surface area contributed by atoms with Crippen molar-refractivity contribution >= 4 is 17.5 Å². The van der Waals surface area contributed by atoms with Gasteiger partial charge in [-0.05, 0) is 18.4 Å². The largest absolute Gasteiger partial charge is 0.374 e. The maximum atomic E-state index is 12.5. The van der Waals surface area contributed by atoms with Gasteiger partial charge in [-0.2, -0.15) is 0 Å². The first-order chi connectivity index (χ1) is 9.58. The average molecular weight is 273 g/mol. The van der Waals surface area contributed by atoms with Crippen LogP contribution in [0.15, 0.2) is 24.3 Å². The van der Waals surface area contributed by atoms with E-state index < -0.39 is 24.0 Å². The molecule has 0 saturated carbocycles. The summed E-state index contributed by atoms with van der Waals surface area (Å²) in [6, 6.07) is 7.02. The summed E-state index contributed by atoms with van der Waals surface area (Å²) in [5.41, 5.74) is 1.27. The Morgan fingerprint density at radius 3 is 2.60 bits per heavy atom. The Morgan fingerprint density at radius 2 is 1.85 bits per heavy atom. The molecule has 3 rings (SSSR count). The molecule has 1 heterocycles. The van der Waals surface area contributed by atoms with Crippen molar-refractivity contribution in [3.63, 3.8) is 0 Å². The Labute approximate surface area is 116 Å². The molecule has 5 heteroatoms. The number of rotatable bonds is 1. The first kappa shape index (κ1) is 13.0. The zero-order valence-electron chi connectivity index (χ0n) is 10.8. The molecule has 0 radical (unpaired) electrons. The highest BCUT2D eigenvalue weighted by Crippen LogP contribution is 2.32. The lowest BCUT2D eigenvalue weighted by molar-refractivity contribution is -0.137. The number of fused-ring (bicyclic) bond motifs is 1. The van der Waals surface area contributed by atoms with Gasteiger partial charge in [0, 0.05) is 12.0 Å². The fraction of sp³-hybridized carbons (Fsp3) is 0.400. The Balaban J connectivity index is 1.93. The normalized spacial score (nSPS) is 29.9. The quantitative estimate of drug-likeness (QED) is 0.728. The summed E-state index contributed by atoms with van der Waals surface area (Å²) in [5, 5.41) is 11.8. The van der Waals surface area contributed by atoms with Gasteiger partial charge < -0.3 is 10.4 Å². The second-order valence-corrected chi connectivity index (χ2v) is 5.35. The van der Waals surface area contributed by atoms with Crippen LogP contribution in [0.5, 0.6) is 0 Å². The summed E-state index contributed by atoms with van der Waals surface area (Å²) in [5.74, 6) is -2.45. The molecule has 5 nitrogen and oxygen atoms in total. The van der Waals surface area contributed by atoms with Gasteiger partial charge in [0.05, 0.1) is 11.8 Å². The molecule has 1 aliphatic heterocycles. The third kappa shape index (κ3) is 2.04. The van der Waals surface area contributed by atoms with Crippen LogP contribution in [0.4, 0.5) is 0 Å². The second-order valence-electron chi connectivity index (χ2n) is 5.35. The molecule has 20 heavy (non-hydrogen) atoms. The van der Waals surface area contributed by atoms with Gasteiger partial charge in [0.25, 0.3) is 0 Å². The zero-order chi connectivity index (χ0) is 14.3. The van der Waals surface area contributed by atoms with Crippen LogP contribution in [0, 0.1) is 11.8 Å². The van der Waals surface area contributed by atoms with Gasteiger partial charge in [0.2, 0.25) is 5.91 Å². The minimum Gasteiger partial charge on any atom is -0.374 e. The summed E-state index contributed by atoms with van der Waals surface area (Å²) in [6.07, 6.45) is 0.0468. The van der Waals surface area contributed by atoms with E-state index in [-0.39, 0.29) is 18.0 Å². The summed E-state index contributed by atoms with van der Waals surface area (Å²) >= 11 is 0. The smallest absolute Gasteiger partial charge is 0.226 e. The average Bonchev–Trinajstić information content (AvgIpc) is 2.41. The molecule has 104 valence electrons. The standard InChI is InChI=1S/C15H15NO4/c17-11-7-8-3-1-2-4-9(8)14(19)13(11)10-5-6-12(18)16-15(10)20/h1-4,10,12-13,18H,5-7H2,(H,16,20). The molecule has 0 bridgehead atoms. The van der Waals surface area contributed by atoms with E-state index in [2.05, 4.69) is 5.32 Å². The number of hydrogen-bond acceptors (Lipinski definition) is 4. The molecule has 1 fully saturated rings. The van der Waals surface area contributed by atoms with Gasteiger partial charge in [-0.1, -0.05) is 24.3 Å². The van der Waals surface area contributed by atoms with Crippen LogP contribution in [0.2, 0.25) is 0 Å². The Hall–Kier alpha value is -2.01. The number of aliphatic hydroxyl groups excluding tert-OH is 1. The fourth-order valence-electron chi connectivity index (χ4n) is 3.06. The first-order valence-electron chi connectivity index (χ1n) is 6.71. The molecule has 1 saturated heterocycles. The topological polar surface area (TPSA) is 83.5 Å². The van der Waals surface area contributed by atoms with Crippen molar-refractivity contribution in [2.45, 2.75) is 25.5 Å². The number of ketones is 2. The first-order valence-corrected chi connectivity index (χ1v) is 6.71. The van der Waals surface area contributed by atoms with Crippen molar-refractivity contribution in [3.05, 3.63) is 35.4 Å². The number of hydrogen-bond donors (Lipinski definition) is 2. The van der Waals surface area contributed by atoms with Gasteiger partial charge in [-0.15, -0.1) is 0 Å². The van der Waals surface area contributed by atoms with E-state index >= 15 is 0 Å². The predicted molar refractivity (Wildman–Crippen MR) is 69.8 cm³/mol. The summed E-state index contributed by atoms with van der Waals surface area (Å²) in [6.45, 7) is 0. The maximum Gasteiger partial charge on any atom is 0.226 e. The molecular weight excluding hydrogens is 258 g/mol. The molecular formula is C15H15NO4. The van der Waals surface area contributed by atoms with Crippen LogP contribution in [0.3, 0.4) is 0 Å². The Bertz CT molecular complexity index is 595. The predicted octanol–water partition coefficient (Wildman–Crippen LogP) is 0.455. The third-order valence-corrected chi connectivity index (χ3v) is 4.08. The van der Waals surface area contributed by atoms with Crippen LogP contribution in [0.1, 0.15) is 28.8 Å². The van der Waals surface area contributed by atoms with Crippen molar-refractivity contribution in [3.8, 4) is 0 Å². The Kier molecular flexibility index (Phi) is 3.14. The van der Waals surface area contributed by atoms with E-state index in [1.165, 1.54) is 0 Å². The van der Waals surface area contributed by atoms with E-state index in [9.17, 15) is 19.5 Å². The lowest BCUT2D eigenvalue weighted by atomic mass is 9.72. The maximum absolute atomic E-state index is 12.5. The van der Waals surface area contributed by atoms with Crippen LogP contribution in [-0.4, -0.2) is 28.8 Å². The lowest BCUT2D eigenvalue weighted by Crippen LogP contribution is -2.50. The van der Waals surface area contributed by atoms with Gasteiger partial charge in [-0.3, -0.25) is 14.4 Å². The van der Waals surface area contributed by atoms with Gasteiger partial charge >= 0.3 is 0 Å². The molecule has 0 spiro atoms. The number of piperidine rings is 1. The lowest BCUT2D eigenvalue weighted by Gasteiger charge is -2.32.